The number of aromatic nitrogens is 2. The zero-order valence-electron chi connectivity index (χ0n) is 13.3. The van der Waals surface area contributed by atoms with Crippen LogP contribution < -0.4 is 4.74 Å². The van der Waals surface area contributed by atoms with Gasteiger partial charge in [0.25, 0.3) is 0 Å². The Balaban J connectivity index is 1.49. The molecule has 2 aromatic rings. The highest BCUT2D eigenvalue weighted by Gasteiger charge is 2.19. The molecule has 1 atom stereocenters. The van der Waals surface area contributed by atoms with E-state index in [1.807, 2.05) is 18.7 Å². The van der Waals surface area contributed by atoms with Gasteiger partial charge in [-0.1, -0.05) is 12.1 Å². The minimum Gasteiger partial charge on any atom is -0.497 e. The van der Waals surface area contributed by atoms with Gasteiger partial charge in [0, 0.05) is 32.0 Å². The van der Waals surface area contributed by atoms with Crippen LogP contribution in [0.4, 0.5) is 0 Å². The van der Waals surface area contributed by atoms with E-state index >= 15 is 0 Å². The van der Waals surface area contributed by atoms with Gasteiger partial charge in [0.05, 0.1) is 13.4 Å². The summed E-state index contributed by atoms with van der Waals surface area (Å²) in [5.41, 5.74) is 1.42. The quantitative estimate of drug-likeness (QED) is 0.821. The number of hydrogen-bond donors (Lipinski definition) is 0. The molecule has 0 aliphatic carbocycles. The van der Waals surface area contributed by atoms with Gasteiger partial charge in [0.1, 0.15) is 5.75 Å². The standard InChI is InChI=1S/C18H25N3O/c1-22-18-6-4-16(5-7-18)13-17-3-2-9-20(14-17)11-12-21-10-8-19-15-21/h4-8,10,15,17H,2-3,9,11-14H2,1H3/t17-/m1/s1. The van der Waals surface area contributed by atoms with Crippen molar-refractivity contribution in [3.63, 3.8) is 0 Å². The Hall–Kier alpha value is -1.81. The zero-order valence-corrected chi connectivity index (χ0v) is 13.3. The Morgan fingerprint density at radius 2 is 2.09 bits per heavy atom. The minimum atomic E-state index is 0.768. The number of imidazole rings is 1. The molecule has 0 saturated carbocycles. The molecular formula is C18H25N3O. The lowest BCUT2D eigenvalue weighted by molar-refractivity contribution is 0.169. The molecule has 0 N–H and O–H groups in total. The van der Waals surface area contributed by atoms with Crippen LogP contribution in [-0.2, 0) is 13.0 Å². The van der Waals surface area contributed by atoms with Crippen LogP contribution in [0.3, 0.4) is 0 Å². The van der Waals surface area contributed by atoms with Gasteiger partial charge in [-0.15, -0.1) is 0 Å². The van der Waals surface area contributed by atoms with Crippen LogP contribution in [0.15, 0.2) is 43.0 Å². The number of methoxy groups -OCH3 is 1. The predicted molar refractivity (Wildman–Crippen MR) is 88.1 cm³/mol. The third-order valence-electron chi connectivity index (χ3n) is 4.52. The van der Waals surface area contributed by atoms with Crippen LogP contribution in [0, 0.1) is 5.92 Å². The lowest BCUT2D eigenvalue weighted by Crippen LogP contribution is -2.38. The third-order valence-corrected chi connectivity index (χ3v) is 4.52. The van der Waals surface area contributed by atoms with Crippen LogP contribution in [0.2, 0.25) is 0 Å². The fraction of sp³-hybridized carbons (Fsp3) is 0.500. The topological polar surface area (TPSA) is 30.3 Å². The summed E-state index contributed by atoms with van der Waals surface area (Å²) in [6.45, 7) is 4.60. The Morgan fingerprint density at radius 3 is 2.82 bits per heavy atom. The van der Waals surface area contributed by atoms with Crippen molar-refractivity contribution in [1.29, 1.82) is 0 Å². The van der Waals surface area contributed by atoms with Crippen LogP contribution in [-0.4, -0.2) is 41.2 Å². The lowest BCUT2D eigenvalue weighted by atomic mass is 9.91. The van der Waals surface area contributed by atoms with Crippen LogP contribution in [0.5, 0.6) is 5.75 Å². The van der Waals surface area contributed by atoms with E-state index < -0.39 is 0 Å². The summed E-state index contributed by atoms with van der Waals surface area (Å²) in [6, 6.07) is 8.52. The maximum atomic E-state index is 5.23. The number of hydrogen-bond acceptors (Lipinski definition) is 3. The predicted octanol–water partition coefficient (Wildman–Crippen LogP) is 2.85. The summed E-state index contributed by atoms with van der Waals surface area (Å²) in [7, 11) is 1.72. The maximum absolute atomic E-state index is 5.23. The SMILES string of the molecule is COc1ccc(C[C@H]2CCCN(CCn3ccnc3)C2)cc1. The fourth-order valence-electron chi connectivity index (χ4n) is 3.29. The average molecular weight is 299 g/mol. The number of piperidine rings is 1. The average Bonchev–Trinajstić information content (AvgIpc) is 3.08. The first-order valence-corrected chi connectivity index (χ1v) is 8.14. The Bertz CT molecular complexity index is 550. The van der Waals surface area contributed by atoms with Gasteiger partial charge in [-0.2, -0.15) is 0 Å². The van der Waals surface area contributed by atoms with Gasteiger partial charge in [-0.25, -0.2) is 4.98 Å². The second kappa shape index (κ2) is 7.45. The molecule has 118 valence electrons. The van der Waals surface area contributed by atoms with Crippen molar-refractivity contribution >= 4 is 0 Å². The fourth-order valence-corrected chi connectivity index (χ4v) is 3.29. The molecule has 0 amide bonds. The van der Waals surface area contributed by atoms with E-state index in [1.54, 1.807) is 7.11 Å². The van der Waals surface area contributed by atoms with E-state index in [0.29, 0.717) is 0 Å². The third kappa shape index (κ3) is 4.10. The number of rotatable bonds is 6. The Kier molecular flexibility index (Phi) is 5.11. The van der Waals surface area contributed by atoms with Crippen molar-refractivity contribution in [1.82, 2.24) is 14.5 Å². The van der Waals surface area contributed by atoms with E-state index in [2.05, 4.69) is 38.7 Å². The normalized spacial score (nSPS) is 19.2. The maximum Gasteiger partial charge on any atom is 0.118 e. The van der Waals surface area contributed by atoms with E-state index in [1.165, 1.54) is 37.9 Å². The van der Waals surface area contributed by atoms with Crippen molar-refractivity contribution in [3.8, 4) is 5.75 Å². The Labute approximate surface area is 132 Å². The van der Waals surface area contributed by atoms with Crippen molar-refractivity contribution < 1.29 is 4.74 Å². The molecule has 2 heterocycles. The first-order valence-electron chi connectivity index (χ1n) is 8.14. The lowest BCUT2D eigenvalue weighted by Gasteiger charge is -2.32. The highest BCUT2D eigenvalue weighted by molar-refractivity contribution is 5.27. The molecule has 3 rings (SSSR count). The van der Waals surface area contributed by atoms with E-state index in [9.17, 15) is 0 Å². The number of likely N-dealkylation sites (tertiary alicyclic amines) is 1. The molecule has 0 unspecified atom stereocenters. The molecule has 4 heteroatoms. The summed E-state index contributed by atoms with van der Waals surface area (Å²) < 4.78 is 7.39. The smallest absolute Gasteiger partial charge is 0.118 e. The molecule has 1 aromatic heterocycles. The van der Waals surface area contributed by atoms with Gasteiger partial charge < -0.3 is 14.2 Å². The molecule has 1 saturated heterocycles. The highest BCUT2D eigenvalue weighted by atomic mass is 16.5. The van der Waals surface area contributed by atoms with Crippen molar-refractivity contribution in [2.45, 2.75) is 25.8 Å². The molecule has 1 fully saturated rings. The monoisotopic (exact) mass is 299 g/mol. The minimum absolute atomic E-state index is 0.768. The summed E-state index contributed by atoms with van der Waals surface area (Å²) in [5, 5.41) is 0. The molecule has 1 aromatic carbocycles. The van der Waals surface area contributed by atoms with E-state index in [-0.39, 0.29) is 0 Å². The molecule has 4 nitrogen and oxygen atoms in total. The van der Waals surface area contributed by atoms with Gasteiger partial charge in [-0.05, 0) is 49.4 Å². The molecule has 0 radical (unpaired) electrons. The number of ether oxygens (including phenoxy) is 1. The van der Waals surface area contributed by atoms with Crippen molar-refractivity contribution in [2.24, 2.45) is 5.92 Å². The number of benzene rings is 1. The second-order valence-electron chi connectivity index (χ2n) is 6.16. The van der Waals surface area contributed by atoms with Gasteiger partial charge >= 0.3 is 0 Å². The zero-order chi connectivity index (χ0) is 15.2. The van der Waals surface area contributed by atoms with Gasteiger partial charge in [-0.3, -0.25) is 0 Å². The first-order chi connectivity index (χ1) is 10.8. The summed E-state index contributed by atoms with van der Waals surface area (Å²) in [4.78, 5) is 6.70. The van der Waals surface area contributed by atoms with E-state index in [4.69, 9.17) is 4.74 Å². The van der Waals surface area contributed by atoms with E-state index in [0.717, 1.165) is 24.8 Å². The number of nitrogens with zero attached hydrogens (tertiary/aromatic N) is 3. The van der Waals surface area contributed by atoms with Crippen molar-refractivity contribution in [2.75, 3.05) is 26.7 Å². The highest BCUT2D eigenvalue weighted by Crippen LogP contribution is 2.22. The van der Waals surface area contributed by atoms with Crippen molar-refractivity contribution in [3.05, 3.63) is 48.5 Å². The summed E-state index contributed by atoms with van der Waals surface area (Å²) >= 11 is 0. The van der Waals surface area contributed by atoms with Crippen LogP contribution in [0.25, 0.3) is 0 Å². The van der Waals surface area contributed by atoms with Crippen LogP contribution >= 0.6 is 0 Å². The largest absolute Gasteiger partial charge is 0.497 e. The summed E-state index contributed by atoms with van der Waals surface area (Å²) in [6.07, 6.45) is 9.62. The first kappa shape index (κ1) is 15.1. The van der Waals surface area contributed by atoms with Gasteiger partial charge in [0.15, 0.2) is 0 Å². The molecule has 0 spiro atoms. The molecule has 1 aliphatic rings. The molecule has 22 heavy (non-hydrogen) atoms. The van der Waals surface area contributed by atoms with Crippen LogP contribution in [0.1, 0.15) is 18.4 Å². The molecule has 1 aliphatic heterocycles. The molecular weight excluding hydrogens is 274 g/mol. The molecule has 0 bridgehead atoms. The summed E-state index contributed by atoms with van der Waals surface area (Å²) in [5.74, 6) is 1.71. The van der Waals surface area contributed by atoms with Gasteiger partial charge in [0.2, 0.25) is 0 Å². The second-order valence-corrected chi connectivity index (χ2v) is 6.16. The Morgan fingerprint density at radius 1 is 1.23 bits per heavy atom.